The minimum atomic E-state index is -0.924. The van der Waals surface area contributed by atoms with Gasteiger partial charge in [0, 0.05) is 22.3 Å². The third-order valence-corrected chi connectivity index (χ3v) is 6.98. The van der Waals surface area contributed by atoms with Crippen molar-refractivity contribution < 1.29 is 8.78 Å². The van der Waals surface area contributed by atoms with Gasteiger partial charge in [0.05, 0.1) is 23.5 Å². The van der Waals surface area contributed by atoms with Crippen LogP contribution in [0.25, 0.3) is 28.1 Å². The highest BCUT2D eigenvalue weighted by Crippen LogP contribution is 2.38. The maximum absolute atomic E-state index is 14.9. The molecule has 0 saturated carbocycles. The Balaban J connectivity index is 1.44. The van der Waals surface area contributed by atoms with Crippen LogP contribution in [-0.4, -0.2) is 34.5 Å². The fourth-order valence-electron chi connectivity index (χ4n) is 4.97. The summed E-state index contributed by atoms with van der Waals surface area (Å²) in [5.74, 6) is -1.76. The molecule has 0 unspecified atom stereocenters. The normalized spacial score (nSPS) is 16.7. The maximum Gasteiger partial charge on any atom is 0.252 e. The predicted molar refractivity (Wildman–Crippen MR) is 138 cm³/mol. The molecule has 0 spiro atoms. The lowest BCUT2D eigenvalue weighted by atomic mass is 10.0. The Kier molecular flexibility index (Phi) is 5.77. The van der Waals surface area contributed by atoms with Gasteiger partial charge in [0.2, 0.25) is 11.9 Å². The molecule has 5 aromatic rings. The first kappa shape index (κ1) is 24.3. The molecule has 0 radical (unpaired) electrons. The highest BCUT2D eigenvalue weighted by molar-refractivity contribution is 6.31. The van der Waals surface area contributed by atoms with Gasteiger partial charge in [0.25, 0.3) is 5.56 Å². The van der Waals surface area contributed by atoms with Crippen LogP contribution in [0.3, 0.4) is 0 Å². The number of pyridine rings is 2. The number of rotatable bonds is 4. The summed E-state index contributed by atoms with van der Waals surface area (Å²) < 4.78 is 32.3. The summed E-state index contributed by atoms with van der Waals surface area (Å²) in [7, 11) is 0. The van der Waals surface area contributed by atoms with Crippen molar-refractivity contribution in [3.05, 3.63) is 92.6 Å². The number of halogens is 4. The van der Waals surface area contributed by atoms with Crippen molar-refractivity contribution in [3.63, 3.8) is 0 Å². The average Bonchev–Trinajstić information content (AvgIpc) is 3.55. The second-order valence-corrected chi connectivity index (χ2v) is 9.90. The van der Waals surface area contributed by atoms with Crippen molar-refractivity contribution in [3.8, 4) is 28.1 Å². The lowest BCUT2D eigenvalue weighted by Crippen LogP contribution is -2.26. The SMILES string of the molecule is C[C@H]1Cc2cc(-c3cc(Cl)ccc3-n3cc(Cl)nn3)cc(=O)n2[C@@H]1c1nc(F)c(-c2ccc(N)nc2F)[nH]1. The predicted octanol–water partition coefficient (Wildman–Crippen LogP) is 4.83. The highest BCUT2D eigenvalue weighted by atomic mass is 35.5. The molecule has 0 fully saturated rings. The van der Waals surface area contributed by atoms with Crippen LogP contribution in [0.4, 0.5) is 14.6 Å². The van der Waals surface area contributed by atoms with E-state index in [-0.39, 0.29) is 39.5 Å². The smallest absolute Gasteiger partial charge is 0.252 e. The number of hydrogen-bond acceptors (Lipinski definition) is 6. The monoisotopic (exact) mass is 554 g/mol. The Morgan fingerprint density at radius 1 is 1.05 bits per heavy atom. The number of aromatic amines is 1. The molecule has 1 aromatic carbocycles. The highest BCUT2D eigenvalue weighted by Gasteiger charge is 2.35. The molecule has 5 heterocycles. The van der Waals surface area contributed by atoms with E-state index < -0.39 is 17.9 Å². The van der Waals surface area contributed by atoms with Crippen LogP contribution in [0.15, 0.2) is 53.5 Å². The molecule has 1 aliphatic rings. The van der Waals surface area contributed by atoms with Crippen molar-refractivity contribution in [2.75, 3.05) is 5.73 Å². The van der Waals surface area contributed by atoms with Crippen molar-refractivity contribution in [1.82, 2.24) is 34.5 Å². The summed E-state index contributed by atoms with van der Waals surface area (Å²) in [6.07, 6.45) is 2.07. The Hall–Kier alpha value is -4.09. The second-order valence-electron chi connectivity index (χ2n) is 9.08. The van der Waals surface area contributed by atoms with Crippen LogP contribution in [0.2, 0.25) is 10.2 Å². The number of nitrogens with zero attached hydrogens (tertiary/aromatic N) is 6. The van der Waals surface area contributed by atoms with Crippen molar-refractivity contribution in [2.45, 2.75) is 19.4 Å². The van der Waals surface area contributed by atoms with Crippen LogP contribution in [0.5, 0.6) is 0 Å². The number of nitrogens with two attached hydrogens (primary N) is 1. The van der Waals surface area contributed by atoms with E-state index in [0.29, 0.717) is 28.3 Å². The molecule has 38 heavy (non-hydrogen) atoms. The first-order valence-electron chi connectivity index (χ1n) is 11.5. The molecule has 192 valence electrons. The van der Waals surface area contributed by atoms with Crippen LogP contribution < -0.4 is 11.3 Å². The van der Waals surface area contributed by atoms with Crippen LogP contribution in [0.1, 0.15) is 24.5 Å². The van der Waals surface area contributed by atoms with Crippen LogP contribution >= 0.6 is 23.2 Å². The first-order chi connectivity index (χ1) is 18.2. The van der Waals surface area contributed by atoms with E-state index in [4.69, 9.17) is 28.9 Å². The van der Waals surface area contributed by atoms with E-state index in [2.05, 4.69) is 25.3 Å². The van der Waals surface area contributed by atoms with Gasteiger partial charge in [0.1, 0.15) is 17.3 Å². The van der Waals surface area contributed by atoms with Gasteiger partial charge in [0.15, 0.2) is 5.15 Å². The van der Waals surface area contributed by atoms with E-state index in [9.17, 15) is 13.6 Å². The number of nitrogens with one attached hydrogen (secondary N) is 1. The quantitative estimate of drug-likeness (QED) is 0.307. The van der Waals surface area contributed by atoms with Gasteiger partial charge < -0.3 is 15.3 Å². The van der Waals surface area contributed by atoms with Crippen LogP contribution in [-0.2, 0) is 6.42 Å². The van der Waals surface area contributed by atoms with Gasteiger partial charge in [-0.2, -0.15) is 8.78 Å². The average molecular weight is 555 g/mol. The molecule has 6 rings (SSSR count). The summed E-state index contributed by atoms with van der Waals surface area (Å²) in [5, 5.41) is 8.55. The molecule has 0 bridgehead atoms. The maximum atomic E-state index is 14.9. The van der Waals surface area contributed by atoms with Gasteiger partial charge in [-0.25, -0.2) is 14.6 Å². The fourth-order valence-corrected chi connectivity index (χ4v) is 5.27. The Morgan fingerprint density at radius 3 is 2.61 bits per heavy atom. The third kappa shape index (κ3) is 4.04. The standard InChI is InChI=1S/C25H18Cl2F2N8O/c1-11-6-14-7-12(16-9-13(26)2-4-17(16)36-10-18(27)34-35-36)8-20(38)37(14)22(11)25-32-21(24(29)33-25)15-3-5-19(30)31-23(15)28/h2-5,7-11,22H,6H2,1H3,(H2,30,31)(H,32,33)/t11-,22-/m0/s1. The Morgan fingerprint density at radius 2 is 1.87 bits per heavy atom. The second kappa shape index (κ2) is 9.03. The zero-order valence-electron chi connectivity index (χ0n) is 19.7. The van der Waals surface area contributed by atoms with Gasteiger partial charge in [-0.15, -0.1) is 5.10 Å². The topological polar surface area (TPSA) is 120 Å². The number of imidazole rings is 1. The van der Waals surface area contributed by atoms with E-state index in [0.717, 1.165) is 5.69 Å². The van der Waals surface area contributed by atoms with E-state index >= 15 is 0 Å². The van der Waals surface area contributed by atoms with Crippen molar-refractivity contribution >= 4 is 29.0 Å². The zero-order valence-corrected chi connectivity index (χ0v) is 21.2. The van der Waals surface area contributed by atoms with Gasteiger partial charge >= 0.3 is 0 Å². The van der Waals surface area contributed by atoms with Gasteiger partial charge in [-0.05, 0) is 54.3 Å². The lowest BCUT2D eigenvalue weighted by molar-refractivity contribution is 0.445. The first-order valence-corrected chi connectivity index (χ1v) is 12.3. The molecular formula is C25H18Cl2F2N8O. The fraction of sp³-hybridized carbons (Fsp3) is 0.160. The summed E-state index contributed by atoms with van der Waals surface area (Å²) in [4.78, 5) is 23.9. The summed E-state index contributed by atoms with van der Waals surface area (Å²) in [6, 6.07) is 10.7. The molecule has 4 aromatic heterocycles. The number of benzene rings is 1. The van der Waals surface area contributed by atoms with E-state index in [1.165, 1.54) is 22.9 Å². The molecule has 0 aliphatic carbocycles. The number of fused-ring (bicyclic) bond motifs is 1. The molecule has 0 saturated heterocycles. The van der Waals surface area contributed by atoms with Gasteiger partial charge in [-0.1, -0.05) is 35.3 Å². The molecular weight excluding hydrogens is 537 g/mol. The minimum absolute atomic E-state index is 0.0260. The molecule has 1 aliphatic heterocycles. The lowest BCUT2D eigenvalue weighted by Gasteiger charge is -2.17. The number of hydrogen-bond donors (Lipinski definition) is 2. The largest absolute Gasteiger partial charge is 0.384 e. The molecule has 0 amide bonds. The zero-order chi connectivity index (χ0) is 26.7. The van der Waals surface area contributed by atoms with Crippen molar-refractivity contribution in [2.24, 2.45) is 5.92 Å². The summed E-state index contributed by atoms with van der Waals surface area (Å²) in [6.45, 7) is 1.93. The van der Waals surface area contributed by atoms with Gasteiger partial charge in [-0.3, -0.25) is 4.79 Å². The molecule has 13 heteroatoms. The number of aromatic nitrogens is 7. The van der Waals surface area contributed by atoms with Crippen LogP contribution in [0, 0.1) is 17.8 Å². The number of anilines is 1. The van der Waals surface area contributed by atoms with Crippen molar-refractivity contribution in [1.29, 1.82) is 0 Å². The summed E-state index contributed by atoms with van der Waals surface area (Å²) >= 11 is 12.2. The Labute approximate surface area is 223 Å². The summed E-state index contributed by atoms with van der Waals surface area (Å²) in [5.41, 5.74) is 7.58. The minimum Gasteiger partial charge on any atom is -0.384 e. The molecule has 3 N–H and O–H groups in total. The third-order valence-electron chi connectivity index (χ3n) is 6.58. The van der Waals surface area contributed by atoms with E-state index in [1.807, 2.05) is 13.0 Å². The molecule has 9 nitrogen and oxygen atoms in total. The number of nitrogen functional groups attached to an aromatic ring is 1. The molecule has 2 atom stereocenters. The number of H-pyrrole nitrogens is 1. The Bertz CT molecular complexity index is 1780. The van der Waals surface area contributed by atoms with E-state index in [1.54, 1.807) is 29.0 Å².